The average molecular weight is 498 g/mol. The minimum absolute atomic E-state index is 0.127. The van der Waals surface area contributed by atoms with Crippen LogP contribution in [-0.2, 0) is 0 Å². The molecule has 0 radical (unpaired) electrons. The molecule has 1 atom stereocenters. The van der Waals surface area contributed by atoms with Gasteiger partial charge in [-0.25, -0.2) is 0 Å². The lowest BCUT2D eigenvalue weighted by Crippen LogP contribution is -2.35. The minimum atomic E-state index is -0.285. The molecule has 1 saturated heterocycles. The number of phenols is 3. The number of rotatable bonds is 6. The molecule has 10 heteroatoms. The number of carbonyl (C=O) groups excluding carboxylic acids is 1. The smallest absolute Gasteiger partial charge is 0.257 e. The predicted molar refractivity (Wildman–Crippen MR) is 137 cm³/mol. The Morgan fingerprint density at radius 1 is 1.00 bits per heavy atom. The summed E-state index contributed by atoms with van der Waals surface area (Å²) in [5.74, 6) is 0.181. The Morgan fingerprint density at radius 3 is 2.40 bits per heavy atom. The highest BCUT2D eigenvalue weighted by Crippen LogP contribution is 2.40. The van der Waals surface area contributed by atoms with Gasteiger partial charge in [-0.1, -0.05) is 32.9 Å². The van der Waals surface area contributed by atoms with Gasteiger partial charge in [-0.3, -0.25) is 4.79 Å². The molecule has 5 N–H and O–H groups in total. The van der Waals surface area contributed by atoms with E-state index in [0.717, 1.165) is 36.6 Å². The zero-order valence-electron chi connectivity index (χ0n) is 20.1. The van der Waals surface area contributed by atoms with Gasteiger partial charge < -0.3 is 30.9 Å². The van der Waals surface area contributed by atoms with Gasteiger partial charge in [0.1, 0.15) is 0 Å². The maximum atomic E-state index is 13.0. The van der Waals surface area contributed by atoms with E-state index in [1.165, 1.54) is 12.1 Å². The molecule has 1 unspecified atom stereocenters. The van der Waals surface area contributed by atoms with Gasteiger partial charge in [0.15, 0.2) is 28.9 Å². The molecule has 1 aromatic heterocycles. The van der Waals surface area contributed by atoms with Gasteiger partial charge in [0.05, 0.1) is 29.0 Å². The lowest BCUT2D eigenvalue weighted by Gasteiger charge is -2.32. The summed E-state index contributed by atoms with van der Waals surface area (Å²) < 4.78 is 8.72. The van der Waals surface area contributed by atoms with Gasteiger partial charge in [-0.15, -0.1) is 0 Å². The Bertz CT molecular complexity index is 1200. The third-order valence-corrected chi connectivity index (χ3v) is 6.66. The fourth-order valence-electron chi connectivity index (χ4n) is 4.23. The quantitative estimate of drug-likeness (QED) is 0.293. The number of aromatic hydroxyl groups is 3. The van der Waals surface area contributed by atoms with Crippen LogP contribution in [-0.4, -0.2) is 48.0 Å². The summed E-state index contributed by atoms with van der Waals surface area (Å²) >= 11 is 1.01. The standard InChI is InChI=1S/C25H31N5O4S/c1-25(2,3)21(15-10-11-18(31)19(32)14-15)27-23-22(28-35-29-23)26-17-9-7-8-16(20(17)33)24(34)30-12-5-4-6-13-30/h7-11,14,21,31-33H,4-6,12-13H2,1-3H3,(H,26,28)(H,27,29). The summed E-state index contributed by atoms with van der Waals surface area (Å²) in [5.41, 5.74) is 1.09. The predicted octanol–water partition coefficient (Wildman–Crippen LogP) is 5.22. The van der Waals surface area contributed by atoms with E-state index >= 15 is 0 Å². The molecule has 186 valence electrons. The second kappa shape index (κ2) is 9.99. The molecule has 1 fully saturated rings. The van der Waals surface area contributed by atoms with Crippen LogP contribution in [0.4, 0.5) is 17.3 Å². The molecule has 1 aliphatic heterocycles. The van der Waals surface area contributed by atoms with Gasteiger partial charge >= 0.3 is 0 Å². The molecule has 9 nitrogen and oxygen atoms in total. The number of phenolic OH excluding ortho intramolecular Hbond substituents is 3. The summed E-state index contributed by atoms with van der Waals surface area (Å²) in [6.45, 7) is 7.52. The molecular formula is C25H31N5O4S. The number of aromatic nitrogens is 2. The molecule has 0 bridgehead atoms. The summed E-state index contributed by atoms with van der Waals surface area (Å²) in [7, 11) is 0. The lowest BCUT2D eigenvalue weighted by atomic mass is 9.82. The van der Waals surface area contributed by atoms with Crippen molar-refractivity contribution >= 4 is 35.0 Å². The third kappa shape index (κ3) is 5.43. The van der Waals surface area contributed by atoms with Crippen molar-refractivity contribution in [1.29, 1.82) is 0 Å². The number of nitrogens with zero attached hydrogens (tertiary/aromatic N) is 3. The highest BCUT2D eigenvalue weighted by Gasteiger charge is 2.29. The fraction of sp³-hybridized carbons (Fsp3) is 0.400. The van der Waals surface area contributed by atoms with Crippen LogP contribution < -0.4 is 10.6 Å². The minimum Gasteiger partial charge on any atom is -0.505 e. The van der Waals surface area contributed by atoms with Crippen molar-refractivity contribution in [1.82, 2.24) is 13.6 Å². The Hall–Kier alpha value is -3.53. The van der Waals surface area contributed by atoms with E-state index in [1.807, 2.05) is 20.8 Å². The van der Waals surface area contributed by atoms with Crippen LogP contribution in [0.1, 0.15) is 62.0 Å². The van der Waals surface area contributed by atoms with Crippen molar-refractivity contribution in [3.8, 4) is 17.2 Å². The highest BCUT2D eigenvalue weighted by molar-refractivity contribution is 6.99. The maximum absolute atomic E-state index is 13.0. The lowest BCUT2D eigenvalue weighted by molar-refractivity contribution is 0.0721. The van der Waals surface area contributed by atoms with Crippen LogP contribution >= 0.6 is 11.7 Å². The van der Waals surface area contributed by atoms with Crippen molar-refractivity contribution in [2.24, 2.45) is 5.41 Å². The Labute approximate surface area is 208 Å². The van der Waals surface area contributed by atoms with Crippen molar-refractivity contribution in [3.63, 3.8) is 0 Å². The number of carbonyl (C=O) groups is 1. The summed E-state index contributed by atoms with van der Waals surface area (Å²) in [5, 5.41) is 37.1. The van der Waals surface area contributed by atoms with E-state index in [9.17, 15) is 20.1 Å². The highest BCUT2D eigenvalue weighted by atomic mass is 32.1. The number of hydrogen-bond donors (Lipinski definition) is 5. The molecule has 1 amide bonds. The number of benzene rings is 2. The summed E-state index contributed by atoms with van der Waals surface area (Å²) in [4.78, 5) is 14.7. The molecule has 35 heavy (non-hydrogen) atoms. The zero-order chi connectivity index (χ0) is 25.2. The Kier molecular flexibility index (Phi) is 7.02. The van der Waals surface area contributed by atoms with Crippen LogP contribution in [0.15, 0.2) is 36.4 Å². The van der Waals surface area contributed by atoms with E-state index in [4.69, 9.17) is 0 Å². The molecule has 3 aromatic rings. The monoisotopic (exact) mass is 497 g/mol. The van der Waals surface area contributed by atoms with Gasteiger partial charge in [0.25, 0.3) is 5.91 Å². The van der Waals surface area contributed by atoms with Gasteiger partial charge in [-0.05, 0) is 54.5 Å². The molecule has 2 aromatic carbocycles. The van der Waals surface area contributed by atoms with Crippen LogP contribution in [0.2, 0.25) is 0 Å². The van der Waals surface area contributed by atoms with Crippen LogP contribution in [0.3, 0.4) is 0 Å². The number of amides is 1. The summed E-state index contributed by atoms with van der Waals surface area (Å²) in [6.07, 6.45) is 3.05. The number of anilines is 3. The molecule has 0 saturated carbocycles. The SMILES string of the molecule is CC(C)(C)C(Nc1nsnc1Nc1cccc(C(=O)N2CCCCC2)c1O)c1ccc(O)c(O)c1. The van der Waals surface area contributed by atoms with E-state index in [0.29, 0.717) is 30.4 Å². The first kappa shape index (κ1) is 24.6. The Balaban J connectivity index is 1.58. The summed E-state index contributed by atoms with van der Waals surface area (Å²) in [6, 6.07) is 9.47. The number of hydrogen-bond acceptors (Lipinski definition) is 9. The average Bonchev–Trinajstić information content (AvgIpc) is 3.27. The van der Waals surface area contributed by atoms with Crippen LogP contribution in [0.25, 0.3) is 0 Å². The first-order chi connectivity index (χ1) is 16.6. The maximum Gasteiger partial charge on any atom is 0.257 e. The second-order valence-corrected chi connectivity index (χ2v) is 10.4. The van der Waals surface area contributed by atoms with E-state index < -0.39 is 0 Å². The number of likely N-dealkylation sites (tertiary alicyclic amines) is 1. The fourth-order valence-corrected chi connectivity index (χ4v) is 4.71. The zero-order valence-corrected chi connectivity index (χ0v) is 20.9. The molecule has 0 spiro atoms. The van der Waals surface area contributed by atoms with E-state index in [1.54, 1.807) is 29.2 Å². The van der Waals surface area contributed by atoms with Crippen molar-refractivity contribution in [2.45, 2.75) is 46.1 Å². The van der Waals surface area contributed by atoms with Crippen LogP contribution in [0.5, 0.6) is 17.2 Å². The van der Waals surface area contributed by atoms with Gasteiger partial charge in [-0.2, -0.15) is 8.75 Å². The topological polar surface area (TPSA) is 131 Å². The number of para-hydroxylation sites is 1. The first-order valence-electron chi connectivity index (χ1n) is 11.6. The molecular weight excluding hydrogens is 466 g/mol. The Morgan fingerprint density at radius 2 is 1.71 bits per heavy atom. The largest absolute Gasteiger partial charge is 0.505 e. The van der Waals surface area contributed by atoms with Gasteiger partial charge in [0.2, 0.25) is 0 Å². The molecule has 0 aliphatic carbocycles. The first-order valence-corrected chi connectivity index (χ1v) is 12.4. The molecule has 1 aliphatic rings. The molecule has 2 heterocycles. The van der Waals surface area contributed by atoms with Crippen LogP contribution in [0, 0.1) is 5.41 Å². The number of piperidine rings is 1. The van der Waals surface area contributed by atoms with Crippen molar-refractivity contribution in [3.05, 3.63) is 47.5 Å². The normalized spacial score (nSPS) is 15.0. The van der Waals surface area contributed by atoms with E-state index in [2.05, 4.69) is 19.4 Å². The van der Waals surface area contributed by atoms with Crippen molar-refractivity contribution < 1.29 is 20.1 Å². The van der Waals surface area contributed by atoms with E-state index in [-0.39, 0.29) is 40.2 Å². The van der Waals surface area contributed by atoms with Crippen molar-refractivity contribution in [2.75, 3.05) is 23.7 Å². The molecule has 4 rings (SSSR count). The van der Waals surface area contributed by atoms with Gasteiger partial charge in [0, 0.05) is 13.1 Å². The third-order valence-electron chi connectivity index (χ3n) is 6.13. The second-order valence-electron chi connectivity index (χ2n) is 9.83. The number of nitrogens with one attached hydrogen (secondary N) is 2.